The van der Waals surface area contributed by atoms with E-state index < -0.39 is 23.3 Å². The largest absolute Gasteiger partial charge is 0.497 e. The summed E-state index contributed by atoms with van der Waals surface area (Å²) in [7, 11) is 4.60. The first-order valence-corrected chi connectivity index (χ1v) is 14.2. The second kappa shape index (κ2) is 11.2. The number of barbiturate groups is 1. The standard InChI is InChI=1S/C32H34N4O7/c1-41-24-11-8-23(9-12-24)36-30(39)32(29(38)33-31(36)40,15-21-7-10-25(42-2)14-27(21)43-3)19-34-16-20-13-22(18-34)26-5-4-6-28(37)35(26)17-20/h4-12,14,20,22H,13,15-19H2,1-3H3,(H,33,38,40). The number of likely N-dealkylation sites (tertiary alicyclic amines) is 1. The molecule has 6 rings (SSSR count). The Hall–Kier alpha value is -4.64. The van der Waals surface area contributed by atoms with Crippen LogP contribution in [0.1, 0.15) is 23.6 Å². The first-order valence-electron chi connectivity index (χ1n) is 14.2. The second-order valence-electron chi connectivity index (χ2n) is 11.4. The highest BCUT2D eigenvalue weighted by atomic mass is 16.5. The number of carbonyl (C=O) groups is 3. The molecule has 11 heteroatoms. The number of pyridine rings is 1. The topological polar surface area (TPSA) is 119 Å². The Labute approximate surface area is 248 Å². The van der Waals surface area contributed by atoms with Crippen LogP contribution in [0.5, 0.6) is 17.2 Å². The summed E-state index contributed by atoms with van der Waals surface area (Å²) in [6.07, 6.45) is 0.919. The zero-order valence-corrected chi connectivity index (χ0v) is 24.4. The normalized spacial score (nSPS) is 23.4. The van der Waals surface area contributed by atoms with Crippen molar-refractivity contribution in [1.29, 1.82) is 0 Å². The molecular weight excluding hydrogens is 552 g/mol. The number of fused-ring (bicyclic) bond motifs is 4. The molecule has 0 radical (unpaired) electrons. The SMILES string of the molecule is COc1ccc(N2C(=O)NC(=O)C(Cc3ccc(OC)cc3OC)(CN3CC4CC(C3)c3cccc(=O)n3C4)C2=O)cc1. The molecule has 2 bridgehead atoms. The summed E-state index contributed by atoms with van der Waals surface area (Å²) < 4.78 is 18.1. The molecule has 1 N–H and O–H groups in total. The number of nitrogens with one attached hydrogen (secondary N) is 1. The van der Waals surface area contributed by atoms with E-state index in [1.807, 2.05) is 10.6 Å². The Balaban J connectivity index is 1.40. The summed E-state index contributed by atoms with van der Waals surface area (Å²) >= 11 is 0. The Kier molecular flexibility index (Phi) is 7.43. The number of hydrogen-bond acceptors (Lipinski definition) is 8. The molecule has 3 atom stereocenters. The number of hydrogen-bond donors (Lipinski definition) is 1. The van der Waals surface area contributed by atoms with Crippen LogP contribution >= 0.6 is 0 Å². The lowest BCUT2D eigenvalue weighted by Gasteiger charge is -2.47. The molecule has 2 aromatic carbocycles. The van der Waals surface area contributed by atoms with Crippen LogP contribution in [-0.2, 0) is 22.6 Å². The van der Waals surface area contributed by atoms with E-state index >= 15 is 0 Å². The van der Waals surface area contributed by atoms with E-state index in [4.69, 9.17) is 14.2 Å². The zero-order chi connectivity index (χ0) is 30.3. The van der Waals surface area contributed by atoms with E-state index in [1.54, 1.807) is 61.7 Å². The van der Waals surface area contributed by atoms with Gasteiger partial charge in [0.1, 0.15) is 22.7 Å². The van der Waals surface area contributed by atoms with Crippen molar-refractivity contribution in [2.24, 2.45) is 11.3 Å². The van der Waals surface area contributed by atoms with Crippen molar-refractivity contribution in [3.8, 4) is 17.2 Å². The van der Waals surface area contributed by atoms with Crippen LogP contribution < -0.4 is 30.0 Å². The zero-order valence-electron chi connectivity index (χ0n) is 24.4. The fourth-order valence-electron chi connectivity index (χ4n) is 6.82. The number of anilines is 1. The monoisotopic (exact) mass is 586 g/mol. The van der Waals surface area contributed by atoms with Crippen molar-refractivity contribution in [2.75, 3.05) is 45.9 Å². The summed E-state index contributed by atoms with van der Waals surface area (Å²) in [5, 5.41) is 2.48. The van der Waals surface area contributed by atoms with Gasteiger partial charge in [-0.3, -0.25) is 19.7 Å². The number of nitrogens with zero attached hydrogens (tertiary/aromatic N) is 3. The van der Waals surface area contributed by atoms with E-state index in [0.717, 1.165) is 17.0 Å². The van der Waals surface area contributed by atoms with Gasteiger partial charge >= 0.3 is 6.03 Å². The third-order valence-electron chi connectivity index (χ3n) is 8.84. The predicted molar refractivity (Wildman–Crippen MR) is 158 cm³/mol. The van der Waals surface area contributed by atoms with Crippen molar-refractivity contribution in [3.63, 3.8) is 0 Å². The van der Waals surface area contributed by atoms with Gasteiger partial charge < -0.3 is 23.7 Å². The lowest BCUT2D eigenvalue weighted by atomic mass is 9.75. The van der Waals surface area contributed by atoms with Gasteiger partial charge in [-0.15, -0.1) is 0 Å². The number of imide groups is 2. The number of ether oxygens (including phenoxy) is 3. The molecule has 0 spiro atoms. The van der Waals surface area contributed by atoms with Gasteiger partial charge in [0.15, 0.2) is 0 Å². The number of carbonyl (C=O) groups excluding carboxylic acids is 3. The third kappa shape index (κ3) is 5.03. The highest BCUT2D eigenvalue weighted by Crippen LogP contribution is 2.40. The number of urea groups is 1. The van der Waals surface area contributed by atoms with Crippen LogP contribution in [0.3, 0.4) is 0 Å². The Morgan fingerprint density at radius 3 is 2.33 bits per heavy atom. The Morgan fingerprint density at radius 2 is 1.60 bits per heavy atom. The van der Waals surface area contributed by atoms with E-state index in [0.29, 0.717) is 48.1 Å². The lowest BCUT2D eigenvalue weighted by Crippen LogP contribution is -2.68. The molecule has 3 aromatic rings. The molecular formula is C32H34N4O7. The van der Waals surface area contributed by atoms with Crippen LogP contribution in [0.25, 0.3) is 0 Å². The minimum Gasteiger partial charge on any atom is -0.497 e. The van der Waals surface area contributed by atoms with Crippen LogP contribution in [0.2, 0.25) is 0 Å². The molecule has 1 aromatic heterocycles. The first kappa shape index (κ1) is 28.5. The number of amides is 4. The maximum Gasteiger partial charge on any atom is 0.335 e. The number of methoxy groups -OCH3 is 3. The molecule has 11 nitrogen and oxygen atoms in total. The average Bonchev–Trinajstić information content (AvgIpc) is 3.01. The fourth-order valence-corrected chi connectivity index (χ4v) is 6.82. The summed E-state index contributed by atoms with van der Waals surface area (Å²) in [4.78, 5) is 57.5. The molecule has 4 amide bonds. The van der Waals surface area contributed by atoms with Crippen LogP contribution in [-0.4, -0.2) is 68.3 Å². The molecule has 0 aliphatic carbocycles. The van der Waals surface area contributed by atoms with Gasteiger partial charge in [-0.25, -0.2) is 9.69 Å². The van der Waals surface area contributed by atoms with Crippen molar-refractivity contribution in [3.05, 3.63) is 82.3 Å². The van der Waals surface area contributed by atoms with Gasteiger partial charge in [-0.1, -0.05) is 12.1 Å². The number of aromatic nitrogens is 1. The predicted octanol–water partition coefficient (Wildman–Crippen LogP) is 2.81. The minimum absolute atomic E-state index is 0.00729. The van der Waals surface area contributed by atoms with Gasteiger partial charge in [0.2, 0.25) is 5.91 Å². The van der Waals surface area contributed by atoms with Crippen molar-refractivity contribution >= 4 is 23.5 Å². The molecule has 224 valence electrons. The molecule has 4 heterocycles. The average molecular weight is 587 g/mol. The van der Waals surface area contributed by atoms with Crippen molar-refractivity contribution in [2.45, 2.75) is 25.3 Å². The van der Waals surface area contributed by atoms with Crippen molar-refractivity contribution in [1.82, 2.24) is 14.8 Å². The molecule has 3 aliphatic rings. The van der Waals surface area contributed by atoms with E-state index in [1.165, 1.54) is 14.2 Å². The minimum atomic E-state index is -1.66. The Morgan fingerprint density at radius 1 is 0.860 bits per heavy atom. The van der Waals surface area contributed by atoms with E-state index in [9.17, 15) is 19.2 Å². The van der Waals surface area contributed by atoms with Crippen LogP contribution in [0.15, 0.2) is 65.5 Å². The quantitative estimate of drug-likeness (QED) is 0.401. The van der Waals surface area contributed by atoms with Crippen molar-refractivity contribution < 1.29 is 28.6 Å². The van der Waals surface area contributed by atoms with Gasteiger partial charge in [-0.2, -0.15) is 0 Å². The molecule has 2 saturated heterocycles. The van der Waals surface area contributed by atoms with Crippen LogP contribution in [0.4, 0.5) is 10.5 Å². The smallest absolute Gasteiger partial charge is 0.335 e. The van der Waals surface area contributed by atoms with Gasteiger partial charge in [0.05, 0.1) is 27.0 Å². The summed E-state index contributed by atoms with van der Waals surface area (Å²) in [5.74, 6) is 0.597. The summed E-state index contributed by atoms with van der Waals surface area (Å²) in [6.45, 7) is 1.84. The Bertz CT molecular complexity index is 1640. The first-order chi connectivity index (χ1) is 20.8. The maximum atomic E-state index is 14.6. The molecule has 3 aliphatic heterocycles. The van der Waals surface area contributed by atoms with Crippen LogP contribution in [0, 0.1) is 11.3 Å². The van der Waals surface area contributed by atoms with Gasteiger partial charge in [0.25, 0.3) is 11.5 Å². The van der Waals surface area contributed by atoms with E-state index in [2.05, 4.69) is 10.2 Å². The van der Waals surface area contributed by atoms with Gasteiger partial charge in [-0.05, 0) is 54.3 Å². The molecule has 2 fully saturated rings. The fraction of sp³-hybridized carbons (Fsp3) is 0.375. The molecule has 43 heavy (non-hydrogen) atoms. The van der Waals surface area contributed by atoms with Gasteiger partial charge in [0, 0.05) is 56.3 Å². The number of rotatable bonds is 8. The third-order valence-corrected chi connectivity index (χ3v) is 8.84. The lowest BCUT2D eigenvalue weighted by molar-refractivity contribution is -0.144. The number of benzene rings is 2. The maximum absolute atomic E-state index is 14.6. The summed E-state index contributed by atoms with van der Waals surface area (Å²) in [6, 6.07) is 16.3. The molecule has 0 saturated carbocycles. The second-order valence-corrected chi connectivity index (χ2v) is 11.4. The van der Waals surface area contributed by atoms with E-state index in [-0.39, 0.29) is 30.4 Å². The highest BCUT2D eigenvalue weighted by Gasteiger charge is 2.56. The highest BCUT2D eigenvalue weighted by molar-refractivity contribution is 6.30. The summed E-state index contributed by atoms with van der Waals surface area (Å²) in [5.41, 5.74) is 0.251. The molecule has 3 unspecified atom stereocenters. The number of piperidine rings is 1.